The van der Waals surface area contributed by atoms with Gasteiger partial charge in [0.1, 0.15) is 5.82 Å². The van der Waals surface area contributed by atoms with Crippen molar-refractivity contribution in [1.29, 1.82) is 0 Å². The molecule has 2 N–H and O–H groups in total. The Morgan fingerprint density at radius 2 is 2.05 bits per heavy atom. The minimum atomic E-state index is -0.925. The van der Waals surface area contributed by atoms with E-state index < -0.39 is 23.6 Å². The van der Waals surface area contributed by atoms with E-state index in [4.69, 9.17) is 0 Å². The Bertz CT molecular complexity index is 564. The molecule has 1 fully saturated rings. The lowest BCUT2D eigenvalue weighted by Crippen LogP contribution is -2.30. The molecular formula is C15H17BrFNO3. The summed E-state index contributed by atoms with van der Waals surface area (Å²) in [6.45, 7) is 2.00. The third-order valence-corrected chi connectivity index (χ3v) is 4.69. The third-order valence-electron chi connectivity index (χ3n) is 4.08. The number of carbonyl (C=O) groups excluding carboxylic acids is 1. The normalized spacial score (nSPS) is 24.8. The zero-order chi connectivity index (χ0) is 15.6. The fourth-order valence-electron chi connectivity index (χ4n) is 2.85. The van der Waals surface area contributed by atoms with E-state index in [0.717, 1.165) is 6.42 Å². The number of nitrogens with one attached hydrogen (secondary N) is 1. The molecular weight excluding hydrogens is 341 g/mol. The summed E-state index contributed by atoms with van der Waals surface area (Å²) in [6.07, 6.45) is 1.99. The Morgan fingerprint density at radius 1 is 1.38 bits per heavy atom. The number of carboxylic acids is 1. The lowest BCUT2D eigenvalue weighted by atomic mass is 9.95. The Hall–Kier alpha value is -1.43. The molecule has 0 spiro atoms. The summed E-state index contributed by atoms with van der Waals surface area (Å²) in [6, 6.07) is 4.17. The van der Waals surface area contributed by atoms with Gasteiger partial charge in [-0.15, -0.1) is 0 Å². The van der Waals surface area contributed by atoms with E-state index in [0.29, 0.717) is 18.5 Å². The maximum atomic E-state index is 13.2. The Kier molecular flexibility index (Phi) is 4.98. The quantitative estimate of drug-likeness (QED) is 0.863. The molecule has 1 amide bonds. The summed E-state index contributed by atoms with van der Waals surface area (Å²) in [5.41, 5.74) is 0.456. The molecule has 6 heteroatoms. The molecule has 0 heterocycles. The van der Waals surface area contributed by atoms with Crippen LogP contribution in [0.4, 0.5) is 10.1 Å². The fourth-order valence-corrected chi connectivity index (χ4v) is 3.23. The molecule has 2 rings (SSSR count). The molecule has 1 aromatic rings. The Balaban J connectivity index is 2.11. The van der Waals surface area contributed by atoms with Crippen LogP contribution in [-0.4, -0.2) is 17.0 Å². The molecule has 1 aliphatic rings. The van der Waals surface area contributed by atoms with Crippen molar-refractivity contribution >= 4 is 33.5 Å². The molecule has 0 radical (unpaired) electrons. The van der Waals surface area contributed by atoms with Gasteiger partial charge in [0.15, 0.2) is 0 Å². The minimum absolute atomic E-state index is 0.257. The number of carboxylic acid groups (broad SMARTS) is 1. The first-order chi connectivity index (χ1) is 9.92. The van der Waals surface area contributed by atoms with Gasteiger partial charge in [-0.3, -0.25) is 9.59 Å². The van der Waals surface area contributed by atoms with Crippen LogP contribution in [-0.2, 0) is 9.59 Å². The number of amides is 1. The van der Waals surface area contributed by atoms with Crippen molar-refractivity contribution in [2.75, 3.05) is 5.32 Å². The monoisotopic (exact) mass is 357 g/mol. The lowest BCUT2D eigenvalue weighted by molar-refractivity contribution is -0.145. The van der Waals surface area contributed by atoms with Gasteiger partial charge in [0.05, 0.1) is 16.3 Å². The number of carbonyl (C=O) groups is 2. The van der Waals surface area contributed by atoms with Crippen LogP contribution >= 0.6 is 15.9 Å². The van der Waals surface area contributed by atoms with Gasteiger partial charge in [0.2, 0.25) is 5.91 Å². The summed E-state index contributed by atoms with van der Waals surface area (Å²) in [5.74, 6) is -2.55. The number of anilines is 1. The number of halogens is 2. The van der Waals surface area contributed by atoms with Crippen molar-refractivity contribution in [3.63, 3.8) is 0 Å². The van der Waals surface area contributed by atoms with Crippen molar-refractivity contribution < 1.29 is 19.1 Å². The first kappa shape index (κ1) is 15.9. The number of hydrogen-bond donors (Lipinski definition) is 2. The van der Waals surface area contributed by atoms with Crippen LogP contribution in [0.3, 0.4) is 0 Å². The van der Waals surface area contributed by atoms with Crippen LogP contribution in [0, 0.1) is 23.6 Å². The van der Waals surface area contributed by atoms with E-state index >= 15 is 0 Å². The Labute approximate surface area is 130 Å². The maximum Gasteiger partial charge on any atom is 0.307 e. The average molecular weight is 358 g/mol. The first-order valence-electron chi connectivity index (χ1n) is 6.91. The van der Waals surface area contributed by atoms with Gasteiger partial charge in [0, 0.05) is 5.69 Å². The van der Waals surface area contributed by atoms with Crippen LogP contribution < -0.4 is 5.32 Å². The molecule has 4 nitrogen and oxygen atoms in total. The second-order valence-electron chi connectivity index (χ2n) is 5.42. The minimum Gasteiger partial charge on any atom is -0.481 e. The SMILES string of the molecule is CCC1C[C@H](C(=O)Nc2ccc(F)c(Br)c2)[C@H](C(=O)O)C1. The predicted octanol–water partition coefficient (Wildman–Crippen LogP) is 3.66. The van der Waals surface area contributed by atoms with Crippen LogP contribution in [0.2, 0.25) is 0 Å². The van der Waals surface area contributed by atoms with E-state index in [-0.39, 0.29) is 16.3 Å². The summed E-state index contributed by atoms with van der Waals surface area (Å²) >= 11 is 3.05. The summed E-state index contributed by atoms with van der Waals surface area (Å²) in [7, 11) is 0. The van der Waals surface area contributed by atoms with Crippen LogP contribution in [0.1, 0.15) is 26.2 Å². The molecule has 0 bridgehead atoms. The summed E-state index contributed by atoms with van der Waals surface area (Å²) < 4.78 is 13.4. The predicted molar refractivity (Wildman–Crippen MR) is 80.4 cm³/mol. The number of rotatable bonds is 4. The molecule has 0 saturated heterocycles. The van der Waals surface area contributed by atoms with Gasteiger partial charge in [-0.1, -0.05) is 13.3 Å². The zero-order valence-electron chi connectivity index (χ0n) is 11.6. The lowest BCUT2D eigenvalue weighted by Gasteiger charge is -2.15. The molecule has 1 saturated carbocycles. The van der Waals surface area contributed by atoms with E-state index in [1.54, 1.807) is 0 Å². The highest BCUT2D eigenvalue weighted by Crippen LogP contribution is 2.39. The van der Waals surface area contributed by atoms with Gasteiger partial charge in [0.25, 0.3) is 0 Å². The van der Waals surface area contributed by atoms with Gasteiger partial charge < -0.3 is 10.4 Å². The zero-order valence-corrected chi connectivity index (χ0v) is 13.2. The standard InChI is InChI=1S/C15H17BrFNO3/c1-2-8-5-10(11(6-8)15(20)21)14(19)18-9-3-4-13(17)12(16)7-9/h3-4,7-8,10-11H,2,5-6H2,1H3,(H,18,19)(H,20,21)/t8?,10-,11+/m0/s1. The summed E-state index contributed by atoms with van der Waals surface area (Å²) in [5, 5.41) is 11.9. The van der Waals surface area contributed by atoms with Crippen LogP contribution in [0.25, 0.3) is 0 Å². The van der Waals surface area contributed by atoms with Crippen molar-refractivity contribution in [3.05, 3.63) is 28.5 Å². The number of aliphatic carboxylic acids is 1. The van der Waals surface area contributed by atoms with E-state index in [9.17, 15) is 19.1 Å². The highest BCUT2D eigenvalue weighted by atomic mass is 79.9. The van der Waals surface area contributed by atoms with Gasteiger partial charge >= 0.3 is 5.97 Å². The van der Waals surface area contributed by atoms with Crippen LogP contribution in [0.5, 0.6) is 0 Å². The fraction of sp³-hybridized carbons (Fsp3) is 0.467. The second-order valence-corrected chi connectivity index (χ2v) is 6.27. The van der Waals surface area contributed by atoms with E-state index in [1.165, 1.54) is 18.2 Å². The van der Waals surface area contributed by atoms with E-state index in [1.807, 2.05) is 6.92 Å². The van der Waals surface area contributed by atoms with E-state index in [2.05, 4.69) is 21.2 Å². The number of benzene rings is 1. The van der Waals surface area contributed by atoms with Crippen LogP contribution in [0.15, 0.2) is 22.7 Å². The maximum absolute atomic E-state index is 13.2. The van der Waals surface area contributed by atoms with Gasteiger partial charge in [-0.05, 0) is 52.9 Å². The molecule has 21 heavy (non-hydrogen) atoms. The molecule has 0 aliphatic heterocycles. The molecule has 3 atom stereocenters. The molecule has 1 unspecified atom stereocenters. The van der Waals surface area contributed by atoms with Crippen molar-refractivity contribution in [2.45, 2.75) is 26.2 Å². The van der Waals surface area contributed by atoms with Gasteiger partial charge in [-0.25, -0.2) is 4.39 Å². The topological polar surface area (TPSA) is 66.4 Å². The van der Waals surface area contributed by atoms with Crippen molar-refractivity contribution in [3.8, 4) is 0 Å². The number of hydrogen-bond acceptors (Lipinski definition) is 2. The third kappa shape index (κ3) is 3.61. The highest BCUT2D eigenvalue weighted by Gasteiger charge is 2.42. The summed E-state index contributed by atoms with van der Waals surface area (Å²) in [4.78, 5) is 23.6. The molecule has 1 aliphatic carbocycles. The molecule has 114 valence electrons. The largest absolute Gasteiger partial charge is 0.481 e. The van der Waals surface area contributed by atoms with Crippen molar-refractivity contribution in [2.24, 2.45) is 17.8 Å². The second kappa shape index (κ2) is 6.56. The first-order valence-corrected chi connectivity index (χ1v) is 7.70. The smallest absolute Gasteiger partial charge is 0.307 e. The molecule has 0 aromatic heterocycles. The average Bonchev–Trinajstić information content (AvgIpc) is 2.87. The van der Waals surface area contributed by atoms with Crippen molar-refractivity contribution in [1.82, 2.24) is 0 Å². The van der Waals surface area contributed by atoms with Gasteiger partial charge in [-0.2, -0.15) is 0 Å². The molecule has 1 aromatic carbocycles. The Morgan fingerprint density at radius 3 is 2.62 bits per heavy atom. The highest BCUT2D eigenvalue weighted by molar-refractivity contribution is 9.10.